The summed E-state index contributed by atoms with van der Waals surface area (Å²) in [5.74, 6) is 0. The minimum atomic E-state index is -0.496. The van der Waals surface area contributed by atoms with Crippen LogP contribution in [0, 0.1) is 0 Å². The Kier molecular flexibility index (Phi) is 4.63. The Hall–Kier alpha value is -6.58. The van der Waals surface area contributed by atoms with Crippen molar-refractivity contribution in [1.82, 2.24) is 0 Å². The normalized spacial score (nSPS) is 14.0. The van der Waals surface area contributed by atoms with Crippen molar-refractivity contribution in [3.8, 4) is 22.3 Å². The van der Waals surface area contributed by atoms with E-state index in [9.17, 15) is 11.0 Å². The number of hydrogen-bond donors (Lipinski definition) is 0. The molecule has 49 heavy (non-hydrogen) atoms. The number of fused-ring (bicyclic) bond motifs is 8. The van der Waals surface area contributed by atoms with Gasteiger partial charge in [-0.1, -0.05) is 127 Å². The third-order valence-corrected chi connectivity index (χ3v) is 9.01. The van der Waals surface area contributed by atoms with Crippen LogP contribution in [0.1, 0.15) is 11.0 Å². The van der Waals surface area contributed by atoms with Gasteiger partial charge in [-0.05, 0) is 70.5 Å². The first-order valence-electron chi connectivity index (χ1n) is 20.0. The molecular formula is C46H29NO2. The minimum absolute atomic E-state index is 0.0204. The van der Waals surface area contributed by atoms with Crippen LogP contribution in [0.2, 0.25) is 0 Å². The predicted molar refractivity (Wildman–Crippen MR) is 204 cm³/mol. The van der Waals surface area contributed by atoms with Crippen LogP contribution < -0.4 is 4.90 Å². The Morgan fingerprint density at radius 2 is 1.18 bits per heavy atom. The van der Waals surface area contributed by atoms with E-state index in [0.717, 1.165) is 21.5 Å². The number of furan rings is 2. The molecule has 8 aromatic carbocycles. The van der Waals surface area contributed by atoms with Gasteiger partial charge in [0.1, 0.15) is 22.3 Å². The summed E-state index contributed by atoms with van der Waals surface area (Å²) >= 11 is 0. The molecule has 3 nitrogen and oxygen atoms in total. The van der Waals surface area contributed by atoms with Gasteiger partial charge in [0.15, 0.2) is 0 Å². The van der Waals surface area contributed by atoms with Crippen molar-refractivity contribution >= 4 is 71.7 Å². The molecule has 0 unspecified atom stereocenters. The van der Waals surface area contributed by atoms with E-state index < -0.39 is 24.2 Å². The third-order valence-electron chi connectivity index (χ3n) is 9.01. The monoisotopic (exact) mass is 635 g/mol. The molecule has 0 aliphatic rings. The summed E-state index contributed by atoms with van der Waals surface area (Å²) in [4.78, 5) is 1.38. The van der Waals surface area contributed by atoms with Gasteiger partial charge in [-0.3, -0.25) is 0 Å². The summed E-state index contributed by atoms with van der Waals surface area (Å²) < 4.78 is 88.3. The lowest BCUT2D eigenvalue weighted by Gasteiger charge is -2.27. The lowest BCUT2D eigenvalue weighted by atomic mass is 10.0. The number of rotatable bonds is 5. The van der Waals surface area contributed by atoms with Crippen LogP contribution in [0.15, 0.2) is 185 Å². The lowest BCUT2D eigenvalue weighted by Crippen LogP contribution is -2.10. The van der Waals surface area contributed by atoms with E-state index in [-0.39, 0.29) is 46.7 Å². The van der Waals surface area contributed by atoms with Gasteiger partial charge in [0, 0.05) is 38.5 Å². The maximum Gasteiger partial charge on any atom is 0.143 e. The second-order valence-corrected chi connectivity index (χ2v) is 11.8. The Morgan fingerprint density at radius 3 is 2.08 bits per heavy atom. The molecule has 10 rings (SSSR count). The Bertz CT molecular complexity index is 3270. The highest BCUT2D eigenvalue weighted by molar-refractivity contribution is 6.19. The molecule has 3 heteroatoms. The van der Waals surface area contributed by atoms with E-state index in [4.69, 9.17) is 8.83 Å². The maximum absolute atomic E-state index is 9.92. The van der Waals surface area contributed by atoms with Crippen molar-refractivity contribution in [2.75, 3.05) is 4.90 Å². The van der Waals surface area contributed by atoms with Crippen molar-refractivity contribution in [2.24, 2.45) is 0 Å². The molecule has 10 aromatic rings. The van der Waals surface area contributed by atoms with Gasteiger partial charge in [0.2, 0.25) is 0 Å². The highest BCUT2D eigenvalue weighted by Crippen LogP contribution is 2.45. The van der Waals surface area contributed by atoms with Gasteiger partial charge in [0.25, 0.3) is 0 Å². The predicted octanol–water partition coefficient (Wildman–Crippen LogP) is 13.4. The van der Waals surface area contributed by atoms with Crippen LogP contribution in [0.5, 0.6) is 0 Å². The molecule has 2 heterocycles. The summed E-state index contributed by atoms with van der Waals surface area (Å²) in [5, 5.41) is 4.63. The Balaban J connectivity index is 1.35. The van der Waals surface area contributed by atoms with Crippen LogP contribution in [-0.2, 0) is 0 Å². The molecule has 0 aliphatic carbocycles. The van der Waals surface area contributed by atoms with Crippen molar-refractivity contribution in [3.05, 3.63) is 176 Å². The maximum atomic E-state index is 9.92. The SMILES string of the molecule is [2H]c1c([2H])c(-c2cccc3c2oc2ccccc23)c([2H])c(N(c2c([2H])c([2H])c(-c3ccccc3)c([2H])c2[2H])c2cccc3oc4c5ccccc5ccc4c23)c1[2H]. The zero-order valence-electron chi connectivity index (χ0n) is 33.9. The Labute approximate surface area is 294 Å². The fraction of sp³-hybridized carbons (Fsp3) is 0. The van der Waals surface area contributed by atoms with Crippen LogP contribution in [-0.4, -0.2) is 0 Å². The first-order chi connectivity index (χ1) is 27.7. The van der Waals surface area contributed by atoms with E-state index in [1.165, 1.54) is 4.90 Å². The molecule has 0 bridgehead atoms. The number of nitrogens with zero attached hydrogens (tertiary/aromatic N) is 1. The number of hydrogen-bond acceptors (Lipinski definition) is 3. The van der Waals surface area contributed by atoms with Crippen LogP contribution in [0.25, 0.3) is 76.9 Å². The molecule has 230 valence electrons. The van der Waals surface area contributed by atoms with Crippen molar-refractivity contribution in [1.29, 1.82) is 0 Å². The van der Waals surface area contributed by atoms with Crippen LogP contribution in [0.3, 0.4) is 0 Å². The van der Waals surface area contributed by atoms with Crippen molar-refractivity contribution in [3.63, 3.8) is 0 Å². The van der Waals surface area contributed by atoms with Crippen molar-refractivity contribution < 1.29 is 19.8 Å². The standard InChI is InChI=1S/C46H29NO2/c1-2-11-30(12-3-1)31-23-26-34(27-24-31)47(41-20-10-22-43-44(41)40-28-25-32-13-4-5-16-36(32)46(40)49-43)35-15-8-14-33(29-35)37-18-9-19-39-38-17-6-7-21-42(38)48-45(37)39/h1-29H/i8D,14D,15D,23D,24D,26D,27D,29D. The second-order valence-electron chi connectivity index (χ2n) is 11.8. The zero-order chi connectivity index (χ0) is 39.3. The van der Waals surface area contributed by atoms with Gasteiger partial charge < -0.3 is 13.7 Å². The van der Waals surface area contributed by atoms with E-state index in [2.05, 4.69) is 0 Å². The van der Waals surface area contributed by atoms with Gasteiger partial charge in [-0.2, -0.15) is 0 Å². The average molecular weight is 636 g/mol. The van der Waals surface area contributed by atoms with Gasteiger partial charge in [-0.25, -0.2) is 0 Å². The van der Waals surface area contributed by atoms with E-state index >= 15 is 0 Å². The third kappa shape index (κ3) is 4.44. The summed E-state index contributed by atoms with van der Waals surface area (Å²) in [6.07, 6.45) is 0. The smallest absolute Gasteiger partial charge is 0.143 e. The van der Waals surface area contributed by atoms with E-state index in [1.54, 1.807) is 60.7 Å². The van der Waals surface area contributed by atoms with Crippen LogP contribution in [0.4, 0.5) is 17.1 Å². The molecule has 0 N–H and O–H groups in total. The fourth-order valence-electron chi connectivity index (χ4n) is 6.77. The number of benzene rings is 8. The van der Waals surface area contributed by atoms with Crippen LogP contribution >= 0.6 is 0 Å². The van der Waals surface area contributed by atoms with Gasteiger partial charge >= 0.3 is 0 Å². The summed E-state index contributed by atoms with van der Waals surface area (Å²) in [6, 6.07) is 35.5. The van der Waals surface area contributed by atoms with E-state index in [0.29, 0.717) is 49.9 Å². The molecule has 0 atom stereocenters. The molecule has 0 fully saturated rings. The number of para-hydroxylation sites is 2. The quantitative estimate of drug-likeness (QED) is 0.188. The topological polar surface area (TPSA) is 29.5 Å². The summed E-state index contributed by atoms with van der Waals surface area (Å²) in [5.41, 5.74) is 2.93. The minimum Gasteiger partial charge on any atom is -0.455 e. The average Bonchev–Trinajstić information content (AvgIpc) is 3.82. The largest absolute Gasteiger partial charge is 0.455 e. The first-order valence-corrected chi connectivity index (χ1v) is 16.0. The Morgan fingerprint density at radius 1 is 0.449 bits per heavy atom. The molecule has 0 saturated carbocycles. The van der Waals surface area contributed by atoms with Gasteiger partial charge in [-0.15, -0.1) is 0 Å². The lowest BCUT2D eigenvalue weighted by molar-refractivity contribution is 0.670. The summed E-state index contributed by atoms with van der Waals surface area (Å²) in [7, 11) is 0. The molecule has 0 amide bonds. The molecule has 0 saturated heterocycles. The zero-order valence-corrected chi connectivity index (χ0v) is 25.9. The molecule has 0 spiro atoms. The molecule has 0 aliphatic heterocycles. The highest BCUT2D eigenvalue weighted by atomic mass is 16.3. The number of anilines is 3. The second kappa shape index (κ2) is 11.0. The molecule has 2 aromatic heterocycles. The van der Waals surface area contributed by atoms with Crippen molar-refractivity contribution in [2.45, 2.75) is 0 Å². The highest BCUT2D eigenvalue weighted by Gasteiger charge is 2.21. The van der Waals surface area contributed by atoms with E-state index in [1.807, 2.05) is 66.7 Å². The first kappa shape index (κ1) is 20.6. The molecular weight excluding hydrogens is 599 g/mol. The fourth-order valence-corrected chi connectivity index (χ4v) is 6.77. The summed E-state index contributed by atoms with van der Waals surface area (Å²) in [6.45, 7) is 0. The van der Waals surface area contributed by atoms with Gasteiger partial charge in [0.05, 0.1) is 22.0 Å². The molecule has 0 radical (unpaired) electrons.